The molecule has 0 aromatic heterocycles. The van der Waals surface area contributed by atoms with E-state index in [1.54, 1.807) is 55.1 Å². The van der Waals surface area contributed by atoms with Crippen LogP contribution >= 0.6 is 0 Å². The van der Waals surface area contributed by atoms with E-state index in [-0.39, 0.29) is 22.8 Å². The fourth-order valence-electron chi connectivity index (χ4n) is 3.35. The maximum atomic E-state index is 12.8. The molecular weight excluding hydrogens is 390 g/mol. The van der Waals surface area contributed by atoms with Crippen LogP contribution < -0.4 is 10.0 Å². The highest BCUT2D eigenvalue weighted by atomic mass is 32.2. The molecule has 0 spiro atoms. The molecule has 1 saturated heterocycles. The predicted molar refractivity (Wildman–Crippen MR) is 111 cm³/mol. The largest absolute Gasteiger partial charge is 0.327 e. The Morgan fingerprint density at radius 1 is 1.03 bits per heavy atom. The van der Waals surface area contributed by atoms with Crippen LogP contribution in [0.15, 0.2) is 59.5 Å². The van der Waals surface area contributed by atoms with Crippen molar-refractivity contribution in [2.75, 3.05) is 11.9 Å². The molecule has 154 valence electrons. The first kappa shape index (κ1) is 21.0. The van der Waals surface area contributed by atoms with E-state index in [0.717, 1.165) is 6.42 Å². The summed E-state index contributed by atoms with van der Waals surface area (Å²) in [6.07, 6.45) is 1.35. The highest BCUT2D eigenvalue weighted by molar-refractivity contribution is 7.89. The van der Waals surface area contributed by atoms with Crippen LogP contribution in [0.25, 0.3) is 0 Å². The van der Waals surface area contributed by atoms with E-state index < -0.39 is 16.1 Å². The van der Waals surface area contributed by atoms with Crippen LogP contribution in [-0.2, 0) is 14.8 Å². The first-order valence-electron chi connectivity index (χ1n) is 9.57. The van der Waals surface area contributed by atoms with Gasteiger partial charge in [-0.1, -0.05) is 18.2 Å². The van der Waals surface area contributed by atoms with Crippen molar-refractivity contribution in [3.05, 3.63) is 60.2 Å². The minimum Gasteiger partial charge on any atom is -0.327 e. The van der Waals surface area contributed by atoms with E-state index in [9.17, 15) is 18.0 Å². The second-order valence-corrected chi connectivity index (χ2v) is 9.03. The molecule has 0 radical (unpaired) electrons. The monoisotopic (exact) mass is 415 g/mol. The molecule has 1 fully saturated rings. The maximum absolute atomic E-state index is 12.8. The van der Waals surface area contributed by atoms with Crippen LogP contribution in [0, 0.1) is 0 Å². The van der Waals surface area contributed by atoms with E-state index in [1.807, 2.05) is 6.07 Å². The molecule has 2 aromatic carbocycles. The molecule has 2 amide bonds. The Morgan fingerprint density at radius 3 is 2.31 bits per heavy atom. The zero-order valence-corrected chi connectivity index (χ0v) is 17.3. The van der Waals surface area contributed by atoms with Crippen LogP contribution in [0.4, 0.5) is 5.69 Å². The molecule has 29 heavy (non-hydrogen) atoms. The number of benzene rings is 2. The molecule has 0 saturated carbocycles. The van der Waals surface area contributed by atoms with E-state index >= 15 is 0 Å². The number of carbonyl (C=O) groups excluding carboxylic acids is 2. The summed E-state index contributed by atoms with van der Waals surface area (Å²) in [5.41, 5.74) is 1.04. The molecular formula is C21H25N3O4S. The third-order valence-electron chi connectivity index (χ3n) is 4.66. The summed E-state index contributed by atoms with van der Waals surface area (Å²) in [7, 11) is -3.59. The number of nitrogens with one attached hydrogen (secondary N) is 2. The molecule has 3 rings (SSSR count). The summed E-state index contributed by atoms with van der Waals surface area (Å²) < 4.78 is 26.9. The van der Waals surface area contributed by atoms with Crippen molar-refractivity contribution >= 4 is 27.5 Å². The second kappa shape index (κ2) is 8.75. The van der Waals surface area contributed by atoms with Crippen LogP contribution in [0.1, 0.15) is 37.0 Å². The van der Waals surface area contributed by atoms with Gasteiger partial charge >= 0.3 is 0 Å². The van der Waals surface area contributed by atoms with Gasteiger partial charge < -0.3 is 10.2 Å². The number of sulfonamides is 1. The lowest BCUT2D eigenvalue weighted by molar-refractivity contribution is -0.119. The predicted octanol–water partition coefficient (Wildman–Crippen LogP) is 2.62. The van der Waals surface area contributed by atoms with E-state index in [2.05, 4.69) is 10.0 Å². The summed E-state index contributed by atoms with van der Waals surface area (Å²) in [6.45, 7) is 4.02. The van der Waals surface area contributed by atoms with Gasteiger partial charge in [0, 0.05) is 23.8 Å². The molecule has 1 aliphatic heterocycles. The lowest BCUT2D eigenvalue weighted by Gasteiger charge is -2.24. The average molecular weight is 416 g/mol. The molecule has 2 aromatic rings. The van der Waals surface area contributed by atoms with Gasteiger partial charge in [-0.3, -0.25) is 9.59 Å². The summed E-state index contributed by atoms with van der Waals surface area (Å²) in [5, 5.41) is 2.79. The minimum absolute atomic E-state index is 0.131. The Morgan fingerprint density at radius 2 is 1.69 bits per heavy atom. The normalized spacial score (nSPS) is 16.8. The van der Waals surface area contributed by atoms with Crippen molar-refractivity contribution in [1.82, 2.24) is 9.62 Å². The van der Waals surface area contributed by atoms with Crippen molar-refractivity contribution in [1.29, 1.82) is 0 Å². The molecule has 1 heterocycles. The fraction of sp³-hybridized carbons (Fsp3) is 0.333. The summed E-state index contributed by atoms with van der Waals surface area (Å²) >= 11 is 0. The zero-order chi connectivity index (χ0) is 21.0. The number of hydrogen-bond acceptors (Lipinski definition) is 4. The number of amides is 2. The Kier molecular flexibility index (Phi) is 6.34. The Labute approximate surface area is 171 Å². The molecule has 8 heteroatoms. The smallest absolute Gasteiger partial charge is 0.254 e. The van der Waals surface area contributed by atoms with Gasteiger partial charge in [0.05, 0.1) is 4.90 Å². The third-order valence-corrected chi connectivity index (χ3v) is 6.33. The van der Waals surface area contributed by atoms with Crippen LogP contribution in [0.2, 0.25) is 0 Å². The van der Waals surface area contributed by atoms with Crippen molar-refractivity contribution in [2.45, 2.75) is 43.7 Å². The van der Waals surface area contributed by atoms with E-state index in [0.29, 0.717) is 24.2 Å². The highest BCUT2D eigenvalue weighted by Crippen LogP contribution is 2.22. The van der Waals surface area contributed by atoms with Crippen molar-refractivity contribution in [3.63, 3.8) is 0 Å². The van der Waals surface area contributed by atoms with Crippen molar-refractivity contribution in [3.8, 4) is 0 Å². The first-order chi connectivity index (χ1) is 13.8. The van der Waals surface area contributed by atoms with E-state index in [4.69, 9.17) is 0 Å². The van der Waals surface area contributed by atoms with Gasteiger partial charge in [0.2, 0.25) is 15.9 Å². The van der Waals surface area contributed by atoms with Crippen molar-refractivity contribution in [2.24, 2.45) is 0 Å². The maximum Gasteiger partial charge on any atom is 0.254 e. The van der Waals surface area contributed by atoms with Gasteiger partial charge in [-0.05, 0) is 63.1 Å². The molecule has 1 atom stereocenters. The van der Waals surface area contributed by atoms with Crippen molar-refractivity contribution < 1.29 is 18.0 Å². The fourth-order valence-corrected chi connectivity index (χ4v) is 4.60. The molecule has 0 aliphatic carbocycles. The first-order valence-corrected chi connectivity index (χ1v) is 11.1. The van der Waals surface area contributed by atoms with Gasteiger partial charge in [-0.25, -0.2) is 13.1 Å². The Bertz CT molecular complexity index is 973. The lowest BCUT2D eigenvalue weighted by atomic mass is 10.1. The summed E-state index contributed by atoms with van der Waals surface area (Å²) in [4.78, 5) is 27.2. The number of likely N-dealkylation sites (tertiary alicyclic amines) is 1. The van der Waals surface area contributed by atoms with Gasteiger partial charge in [-0.15, -0.1) is 0 Å². The molecule has 0 bridgehead atoms. The summed E-state index contributed by atoms with van der Waals surface area (Å²) in [6, 6.07) is 14.1. The number of nitrogens with zero attached hydrogens (tertiary/aromatic N) is 1. The molecule has 7 nitrogen and oxygen atoms in total. The molecule has 1 aliphatic rings. The van der Waals surface area contributed by atoms with Gasteiger partial charge in [0.1, 0.15) is 6.04 Å². The Balaban J connectivity index is 1.69. The van der Waals surface area contributed by atoms with Gasteiger partial charge in [0.25, 0.3) is 5.91 Å². The SMILES string of the molecule is CC(C)NS(=O)(=O)c1ccc(NC(=O)[C@H]2CCCN2C(=O)c2ccccc2)cc1. The minimum atomic E-state index is -3.59. The lowest BCUT2D eigenvalue weighted by Crippen LogP contribution is -2.43. The number of rotatable bonds is 6. The molecule has 2 N–H and O–H groups in total. The van der Waals surface area contributed by atoms with Gasteiger partial charge in [0.15, 0.2) is 0 Å². The zero-order valence-electron chi connectivity index (χ0n) is 16.5. The number of carbonyl (C=O) groups is 2. The van der Waals surface area contributed by atoms with Crippen LogP contribution in [-0.4, -0.2) is 43.8 Å². The topological polar surface area (TPSA) is 95.6 Å². The number of hydrogen-bond donors (Lipinski definition) is 2. The highest BCUT2D eigenvalue weighted by Gasteiger charge is 2.34. The standard InChI is InChI=1S/C21H25N3O4S/c1-15(2)23-29(27,28)18-12-10-17(11-13-18)22-20(25)19-9-6-14-24(19)21(26)16-7-4-3-5-8-16/h3-5,7-8,10-13,15,19,23H,6,9,14H2,1-2H3,(H,22,25)/t19-/m1/s1. The van der Waals surface area contributed by atoms with E-state index in [1.165, 1.54) is 12.1 Å². The third kappa shape index (κ3) is 5.02. The van der Waals surface area contributed by atoms with Gasteiger partial charge in [-0.2, -0.15) is 0 Å². The average Bonchev–Trinajstić information content (AvgIpc) is 3.17. The molecule has 0 unspecified atom stereocenters. The summed E-state index contributed by atoms with van der Waals surface area (Å²) in [5.74, 6) is -0.438. The quantitative estimate of drug-likeness (QED) is 0.758. The van der Waals surface area contributed by atoms with Crippen LogP contribution in [0.5, 0.6) is 0 Å². The van der Waals surface area contributed by atoms with Crippen LogP contribution in [0.3, 0.4) is 0 Å². The second-order valence-electron chi connectivity index (χ2n) is 7.31. The Hall–Kier alpha value is -2.71. The number of anilines is 1.